The maximum absolute atomic E-state index is 11.6. The molecule has 0 spiro atoms. The molecular weight excluding hydrogens is 270 g/mol. The van der Waals surface area contributed by atoms with Gasteiger partial charge < -0.3 is 25.4 Å². The van der Waals surface area contributed by atoms with E-state index in [2.05, 4.69) is 22.5 Å². The minimum Gasteiger partial charge on any atom is -0.388 e. The van der Waals surface area contributed by atoms with Crippen LogP contribution in [0.15, 0.2) is 0 Å². The summed E-state index contributed by atoms with van der Waals surface area (Å²) in [6.07, 6.45) is 2.49. The number of ether oxygens (including phenoxy) is 1. The van der Waals surface area contributed by atoms with E-state index < -0.39 is 6.10 Å². The smallest absolute Gasteiger partial charge is 0.315 e. The van der Waals surface area contributed by atoms with Crippen LogP contribution in [-0.2, 0) is 4.74 Å². The molecule has 2 saturated heterocycles. The first-order valence-electron chi connectivity index (χ1n) is 8.16. The lowest BCUT2D eigenvalue weighted by Gasteiger charge is -2.32. The van der Waals surface area contributed by atoms with Gasteiger partial charge in [-0.25, -0.2) is 4.79 Å². The molecule has 0 aromatic rings. The van der Waals surface area contributed by atoms with Crippen molar-refractivity contribution in [2.24, 2.45) is 5.92 Å². The van der Waals surface area contributed by atoms with Gasteiger partial charge in [0.05, 0.1) is 18.8 Å². The van der Waals surface area contributed by atoms with E-state index in [0.29, 0.717) is 13.2 Å². The highest BCUT2D eigenvalue weighted by Crippen LogP contribution is 2.20. The van der Waals surface area contributed by atoms with Gasteiger partial charge in [-0.1, -0.05) is 13.8 Å². The Balaban J connectivity index is 1.73. The summed E-state index contributed by atoms with van der Waals surface area (Å²) in [5.74, 6) is 0.798. The number of likely N-dealkylation sites (tertiary alicyclic amines) is 1. The number of aliphatic hydroxyl groups excluding tert-OH is 1. The number of carbonyl (C=O) groups is 1. The molecule has 2 heterocycles. The van der Waals surface area contributed by atoms with E-state index in [1.807, 2.05) is 6.92 Å². The summed E-state index contributed by atoms with van der Waals surface area (Å²) in [7, 11) is 0. The van der Waals surface area contributed by atoms with E-state index in [-0.39, 0.29) is 18.2 Å². The highest BCUT2D eigenvalue weighted by molar-refractivity contribution is 5.74. The monoisotopic (exact) mass is 299 g/mol. The number of urea groups is 1. The van der Waals surface area contributed by atoms with Gasteiger partial charge >= 0.3 is 6.03 Å². The van der Waals surface area contributed by atoms with Gasteiger partial charge in [-0.05, 0) is 38.3 Å². The van der Waals surface area contributed by atoms with Gasteiger partial charge in [-0.3, -0.25) is 0 Å². The average Bonchev–Trinajstić information content (AvgIpc) is 2.80. The molecule has 2 amide bonds. The molecule has 2 aliphatic heterocycles. The number of hydrogen-bond donors (Lipinski definition) is 3. The number of amides is 2. The minimum absolute atomic E-state index is 0.199. The molecule has 6 heteroatoms. The molecule has 0 bridgehead atoms. The first-order valence-corrected chi connectivity index (χ1v) is 8.16. The van der Waals surface area contributed by atoms with Crippen LogP contribution in [0.3, 0.4) is 0 Å². The Morgan fingerprint density at radius 2 is 2.10 bits per heavy atom. The summed E-state index contributed by atoms with van der Waals surface area (Å²) < 4.78 is 5.68. The number of nitrogens with zero attached hydrogens (tertiary/aromatic N) is 1. The van der Waals surface area contributed by atoms with Crippen molar-refractivity contribution >= 4 is 6.03 Å². The van der Waals surface area contributed by atoms with Crippen LogP contribution in [0.4, 0.5) is 4.79 Å². The number of nitrogens with one attached hydrogen (secondary N) is 2. The molecule has 3 atom stereocenters. The summed E-state index contributed by atoms with van der Waals surface area (Å²) in [6.45, 7) is 8.21. The van der Waals surface area contributed by atoms with Gasteiger partial charge in [-0.15, -0.1) is 0 Å². The Hall–Kier alpha value is -0.850. The van der Waals surface area contributed by atoms with Crippen molar-refractivity contribution < 1.29 is 14.6 Å². The van der Waals surface area contributed by atoms with Crippen LogP contribution in [0.25, 0.3) is 0 Å². The number of piperidine rings is 1. The summed E-state index contributed by atoms with van der Waals surface area (Å²) >= 11 is 0. The van der Waals surface area contributed by atoms with Crippen molar-refractivity contribution in [2.45, 2.75) is 51.4 Å². The lowest BCUT2D eigenvalue weighted by Crippen LogP contribution is -2.50. The molecule has 6 nitrogen and oxygen atoms in total. The molecule has 2 aliphatic rings. The van der Waals surface area contributed by atoms with Crippen LogP contribution >= 0.6 is 0 Å². The quantitative estimate of drug-likeness (QED) is 0.693. The standard InChI is InChI=1S/C15H29N3O3/c1-3-6-16-15(20)17-12-10-21-13(14(12)19)9-18-7-4-11(2)5-8-18/h11-14,19H,3-10H2,1-2H3,(H2,16,17,20). The lowest BCUT2D eigenvalue weighted by atomic mass is 9.98. The fraction of sp³-hybridized carbons (Fsp3) is 0.933. The predicted octanol–water partition coefficient (Wildman–Crippen LogP) is 0.556. The number of rotatable bonds is 5. The Morgan fingerprint density at radius 1 is 1.38 bits per heavy atom. The van der Waals surface area contributed by atoms with Crippen molar-refractivity contribution in [3.63, 3.8) is 0 Å². The second kappa shape index (κ2) is 7.96. The second-order valence-corrected chi connectivity index (χ2v) is 6.35. The van der Waals surface area contributed by atoms with Crippen LogP contribution in [0.5, 0.6) is 0 Å². The Morgan fingerprint density at radius 3 is 2.76 bits per heavy atom. The van der Waals surface area contributed by atoms with Gasteiger partial charge in [-0.2, -0.15) is 0 Å². The first-order chi connectivity index (χ1) is 10.1. The molecule has 2 rings (SSSR count). The van der Waals surface area contributed by atoms with Crippen LogP contribution < -0.4 is 10.6 Å². The van der Waals surface area contributed by atoms with Gasteiger partial charge in [0.1, 0.15) is 6.10 Å². The van der Waals surface area contributed by atoms with Crippen molar-refractivity contribution in [1.82, 2.24) is 15.5 Å². The molecule has 0 radical (unpaired) electrons. The van der Waals surface area contributed by atoms with E-state index in [4.69, 9.17) is 4.74 Å². The van der Waals surface area contributed by atoms with E-state index >= 15 is 0 Å². The minimum atomic E-state index is -0.628. The van der Waals surface area contributed by atoms with Crippen molar-refractivity contribution in [1.29, 1.82) is 0 Å². The summed E-state index contributed by atoms with van der Waals surface area (Å²) in [4.78, 5) is 14.0. The molecule has 0 aromatic heterocycles. The molecule has 3 N–H and O–H groups in total. The third-order valence-corrected chi connectivity index (χ3v) is 4.45. The second-order valence-electron chi connectivity index (χ2n) is 6.35. The molecule has 2 fully saturated rings. The summed E-state index contributed by atoms with van der Waals surface area (Å²) in [5, 5.41) is 15.9. The lowest BCUT2D eigenvalue weighted by molar-refractivity contribution is 0.00880. The topological polar surface area (TPSA) is 73.8 Å². The summed E-state index contributed by atoms with van der Waals surface area (Å²) in [5.41, 5.74) is 0. The number of carbonyl (C=O) groups excluding carboxylic acids is 1. The Kier molecular flexibility index (Phi) is 6.26. The van der Waals surface area contributed by atoms with Crippen LogP contribution in [0.1, 0.15) is 33.1 Å². The molecule has 3 unspecified atom stereocenters. The summed E-state index contributed by atoms with van der Waals surface area (Å²) in [6, 6.07) is -0.535. The molecule has 0 aromatic carbocycles. The number of aliphatic hydroxyl groups is 1. The third-order valence-electron chi connectivity index (χ3n) is 4.45. The SMILES string of the molecule is CCCNC(=O)NC1COC(CN2CCC(C)CC2)C1O. The van der Waals surface area contributed by atoms with Crippen molar-refractivity contribution in [2.75, 3.05) is 32.8 Å². The van der Waals surface area contributed by atoms with E-state index in [1.165, 1.54) is 12.8 Å². The molecule has 21 heavy (non-hydrogen) atoms. The molecule has 0 aliphatic carbocycles. The Labute approximate surface area is 127 Å². The van der Waals surface area contributed by atoms with Crippen LogP contribution in [-0.4, -0.2) is 67.1 Å². The van der Waals surface area contributed by atoms with E-state index in [1.54, 1.807) is 0 Å². The maximum atomic E-state index is 11.6. The molecule has 122 valence electrons. The van der Waals surface area contributed by atoms with Gasteiger partial charge in [0.2, 0.25) is 0 Å². The average molecular weight is 299 g/mol. The van der Waals surface area contributed by atoms with Crippen molar-refractivity contribution in [3.8, 4) is 0 Å². The maximum Gasteiger partial charge on any atom is 0.315 e. The molecule has 0 saturated carbocycles. The predicted molar refractivity (Wildman–Crippen MR) is 81.2 cm³/mol. The molecular formula is C15H29N3O3. The zero-order chi connectivity index (χ0) is 15.2. The van der Waals surface area contributed by atoms with Gasteiger partial charge in [0, 0.05) is 13.1 Å². The third kappa shape index (κ3) is 4.83. The highest BCUT2D eigenvalue weighted by Gasteiger charge is 2.37. The van der Waals surface area contributed by atoms with Crippen LogP contribution in [0.2, 0.25) is 0 Å². The van der Waals surface area contributed by atoms with E-state index in [9.17, 15) is 9.90 Å². The fourth-order valence-electron chi connectivity index (χ4n) is 2.93. The normalized spacial score (nSPS) is 31.3. The Bertz CT molecular complexity index is 332. The largest absolute Gasteiger partial charge is 0.388 e. The fourth-order valence-corrected chi connectivity index (χ4v) is 2.93. The van der Waals surface area contributed by atoms with Crippen LogP contribution in [0, 0.1) is 5.92 Å². The number of hydrogen-bond acceptors (Lipinski definition) is 4. The zero-order valence-electron chi connectivity index (χ0n) is 13.2. The zero-order valence-corrected chi connectivity index (χ0v) is 13.2. The van der Waals surface area contributed by atoms with E-state index in [0.717, 1.165) is 32.0 Å². The van der Waals surface area contributed by atoms with Gasteiger partial charge in [0.25, 0.3) is 0 Å². The first kappa shape index (κ1) is 16.5. The highest BCUT2D eigenvalue weighted by atomic mass is 16.5. The van der Waals surface area contributed by atoms with Crippen molar-refractivity contribution in [3.05, 3.63) is 0 Å². The van der Waals surface area contributed by atoms with Gasteiger partial charge in [0.15, 0.2) is 0 Å².